The quantitative estimate of drug-likeness (QED) is 0.429. The molecular weight excluding hydrogens is 380 g/mol. The number of hydrogen-bond donors (Lipinski definition) is 1. The van der Waals surface area contributed by atoms with Crippen molar-refractivity contribution >= 4 is 29.3 Å². The van der Waals surface area contributed by atoms with Gasteiger partial charge < -0.3 is 10.1 Å². The molecule has 1 amide bonds. The van der Waals surface area contributed by atoms with Crippen LogP contribution in [0, 0.1) is 10.1 Å². The van der Waals surface area contributed by atoms with E-state index < -0.39 is 17.5 Å². The topological polar surface area (TPSA) is 98.5 Å². The molecule has 2 aromatic carbocycles. The van der Waals surface area contributed by atoms with Gasteiger partial charge in [0.2, 0.25) is 0 Å². The number of esters is 1. The zero-order chi connectivity index (χ0) is 19.9. The van der Waals surface area contributed by atoms with Gasteiger partial charge in [-0.15, -0.1) is 0 Å². The molecular formula is C20H20N2O5S. The van der Waals surface area contributed by atoms with E-state index in [1.807, 2.05) is 30.3 Å². The van der Waals surface area contributed by atoms with Gasteiger partial charge in [0.1, 0.15) is 0 Å². The van der Waals surface area contributed by atoms with Gasteiger partial charge in [0, 0.05) is 28.0 Å². The van der Waals surface area contributed by atoms with Gasteiger partial charge in [0.25, 0.3) is 11.6 Å². The van der Waals surface area contributed by atoms with Crippen molar-refractivity contribution in [2.45, 2.75) is 41.5 Å². The minimum absolute atomic E-state index is 0.0664. The Bertz CT molecular complexity index is 866. The highest BCUT2D eigenvalue weighted by Crippen LogP contribution is 2.32. The third kappa shape index (κ3) is 5.32. The van der Waals surface area contributed by atoms with E-state index in [9.17, 15) is 19.7 Å². The Balaban J connectivity index is 1.71. The zero-order valence-corrected chi connectivity index (χ0v) is 15.9. The van der Waals surface area contributed by atoms with Crippen LogP contribution in [0.5, 0.6) is 0 Å². The van der Waals surface area contributed by atoms with Crippen LogP contribution in [-0.2, 0) is 9.53 Å². The summed E-state index contributed by atoms with van der Waals surface area (Å²) in [6.07, 6.45) is 4.03. The van der Waals surface area contributed by atoms with Crippen LogP contribution in [0.3, 0.4) is 0 Å². The molecule has 0 saturated heterocycles. The molecule has 146 valence electrons. The van der Waals surface area contributed by atoms with Gasteiger partial charge in [-0.05, 0) is 31.0 Å². The smallest absolute Gasteiger partial charge is 0.340 e. The second-order valence-electron chi connectivity index (χ2n) is 6.48. The highest BCUT2D eigenvalue weighted by molar-refractivity contribution is 7.99. The Morgan fingerprint density at radius 3 is 2.54 bits per heavy atom. The molecule has 7 nitrogen and oxygen atoms in total. The maximum Gasteiger partial charge on any atom is 0.340 e. The Labute approximate surface area is 166 Å². The van der Waals surface area contributed by atoms with Crippen molar-refractivity contribution in [2.75, 3.05) is 6.61 Å². The van der Waals surface area contributed by atoms with Crippen LogP contribution in [0.15, 0.2) is 58.3 Å². The molecule has 1 aliphatic carbocycles. The van der Waals surface area contributed by atoms with E-state index >= 15 is 0 Å². The number of nitro groups is 1. The molecule has 1 saturated carbocycles. The van der Waals surface area contributed by atoms with E-state index in [0.29, 0.717) is 4.90 Å². The van der Waals surface area contributed by atoms with Crippen molar-refractivity contribution in [1.29, 1.82) is 0 Å². The molecule has 0 radical (unpaired) electrons. The SMILES string of the molecule is O=C(COC(=O)c1cc([N+](=O)[O-])ccc1Sc1ccccc1)NC1CCCC1. The molecule has 0 heterocycles. The van der Waals surface area contributed by atoms with Gasteiger partial charge in [-0.2, -0.15) is 0 Å². The summed E-state index contributed by atoms with van der Waals surface area (Å²) in [6.45, 7) is -0.409. The van der Waals surface area contributed by atoms with Gasteiger partial charge >= 0.3 is 5.97 Å². The number of carbonyl (C=O) groups excluding carboxylic acids is 2. The Morgan fingerprint density at radius 2 is 1.86 bits per heavy atom. The largest absolute Gasteiger partial charge is 0.452 e. The first-order chi connectivity index (χ1) is 13.5. The number of rotatable bonds is 7. The second-order valence-corrected chi connectivity index (χ2v) is 7.59. The lowest BCUT2D eigenvalue weighted by Crippen LogP contribution is -2.35. The first-order valence-electron chi connectivity index (χ1n) is 9.01. The highest BCUT2D eigenvalue weighted by Gasteiger charge is 2.21. The summed E-state index contributed by atoms with van der Waals surface area (Å²) in [5.41, 5.74) is -0.142. The Kier molecular flexibility index (Phi) is 6.65. The molecule has 8 heteroatoms. The fourth-order valence-electron chi connectivity index (χ4n) is 3.04. The number of benzene rings is 2. The van der Waals surface area contributed by atoms with Crippen LogP contribution in [-0.4, -0.2) is 29.4 Å². The van der Waals surface area contributed by atoms with E-state index in [1.165, 1.54) is 30.0 Å². The molecule has 28 heavy (non-hydrogen) atoms. The standard InChI is InChI=1S/C20H20N2O5S/c23-19(21-14-6-4-5-7-14)13-27-20(24)17-12-15(22(25)26)10-11-18(17)28-16-8-2-1-3-9-16/h1-3,8-12,14H,4-7,13H2,(H,21,23). The normalized spacial score (nSPS) is 13.9. The van der Waals surface area contributed by atoms with E-state index in [0.717, 1.165) is 30.6 Å². The zero-order valence-electron chi connectivity index (χ0n) is 15.1. The third-order valence-electron chi connectivity index (χ3n) is 4.42. The average molecular weight is 400 g/mol. The molecule has 0 unspecified atom stereocenters. The summed E-state index contributed by atoms with van der Waals surface area (Å²) in [7, 11) is 0. The molecule has 0 bridgehead atoms. The van der Waals surface area contributed by atoms with Gasteiger partial charge in [-0.3, -0.25) is 14.9 Å². The number of nitrogens with one attached hydrogen (secondary N) is 1. The van der Waals surface area contributed by atoms with Crippen LogP contribution >= 0.6 is 11.8 Å². The minimum atomic E-state index is -0.760. The van der Waals surface area contributed by atoms with E-state index in [2.05, 4.69) is 5.32 Å². The molecule has 0 aromatic heterocycles. The molecule has 0 atom stereocenters. The number of nitro benzene ring substituents is 1. The molecule has 1 aliphatic rings. The summed E-state index contributed by atoms with van der Waals surface area (Å²) < 4.78 is 5.13. The van der Waals surface area contributed by atoms with Crippen LogP contribution in [0.4, 0.5) is 5.69 Å². The summed E-state index contributed by atoms with van der Waals surface area (Å²) in [4.78, 5) is 36.4. The average Bonchev–Trinajstić information content (AvgIpc) is 3.20. The van der Waals surface area contributed by atoms with E-state index in [1.54, 1.807) is 0 Å². The number of non-ortho nitro benzene ring substituents is 1. The minimum Gasteiger partial charge on any atom is -0.452 e. The number of carbonyl (C=O) groups is 2. The second kappa shape index (κ2) is 9.36. The van der Waals surface area contributed by atoms with Crippen molar-refractivity contribution in [1.82, 2.24) is 5.32 Å². The summed E-state index contributed by atoms with van der Waals surface area (Å²) >= 11 is 1.30. The number of ether oxygens (including phenoxy) is 1. The first-order valence-corrected chi connectivity index (χ1v) is 9.82. The fraction of sp³-hybridized carbons (Fsp3) is 0.300. The lowest BCUT2D eigenvalue weighted by atomic mass is 10.2. The molecule has 0 aliphatic heterocycles. The molecule has 2 aromatic rings. The van der Waals surface area contributed by atoms with Gasteiger partial charge in [0.05, 0.1) is 10.5 Å². The molecule has 0 spiro atoms. The van der Waals surface area contributed by atoms with Crippen LogP contribution in [0.2, 0.25) is 0 Å². The highest BCUT2D eigenvalue weighted by atomic mass is 32.2. The fourth-order valence-corrected chi connectivity index (χ4v) is 3.98. The lowest BCUT2D eigenvalue weighted by molar-refractivity contribution is -0.384. The molecule has 3 rings (SSSR count). The molecule has 1 fully saturated rings. The number of amides is 1. The van der Waals surface area contributed by atoms with Crippen molar-refractivity contribution in [2.24, 2.45) is 0 Å². The predicted octanol–water partition coefficient (Wildman–Crippen LogP) is 3.96. The van der Waals surface area contributed by atoms with Crippen molar-refractivity contribution in [3.63, 3.8) is 0 Å². The van der Waals surface area contributed by atoms with Crippen LogP contribution in [0.25, 0.3) is 0 Å². The number of hydrogen-bond acceptors (Lipinski definition) is 6. The van der Waals surface area contributed by atoms with Crippen LogP contribution < -0.4 is 5.32 Å². The van der Waals surface area contributed by atoms with Gasteiger partial charge in [-0.1, -0.05) is 42.8 Å². The molecule has 1 N–H and O–H groups in total. The van der Waals surface area contributed by atoms with Gasteiger partial charge in [0.15, 0.2) is 6.61 Å². The predicted molar refractivity (Wildman–Crippen MR) is 104 cm³/mol. The monoisotopic (exact) mass is 400 g/mol. The van der Waals surface area contributed by atoms with Crippen molar-refractivity contribution in [3.05, 3.63) is 64.2 Å². The Morgan fingerprint density at radius 1 is 1.14 bits per heavy atom. The number of nitrogens with zero attached hydrogens (tertiary/aromatic N) is 1. The van der Waals surface area contributed by atoms with Crippen molar-refractivity contribution < 1.29 is 19.2 Å². The summed E-state index contributed by atoms with van der Waals surface area (Å²) in [5.74, 6) is -1.12. The summed E-state index contributed by atoms with van der Waals surface area (Å²) in [6, 6.07) is 13.5. The van der Waals surface area contributed by atoms with Gasteiger partial charge in [-0.25, -0.2) is 4.79 Å². The first kappa shape index (κ1) is 19.9. The Hall–Kier alpha value is -2.87. The third-order valence-corrected chi connectivity index (χ3v) is 5.50. The summed E-state index contributed by atoms with van der Waals surface area (Å²) in [5, 5.41) is 13.9. The maximum absolute atomic E-state index is 12.5. The van der Waals surface area contributed by atoms with E-state index in [-0.39, 0.29) is 23.2 Å². The van der Waals surface area contributed by atoms with Crippen LogP contribution in [0.1, 0.15) is 36.0 Å². The van der Waals surface area contributed by atoms with E-state index in [4.69, 9.17) is 4.74 Å². The lowest BCUT2D eigenvalue weighted by Gasteiger charge is -2.13. The van der Waals surface area contributed by atoms with Crippen molar-refractivity contribution in [3.8, 4) is 0 Å². The maximum atomic E-state index is 12.5.